The number of hydrogen-bond acceptors (Lipinski definition) is 6. The minimum Gasteiger partial charge on any atom is -0.494 e. The van der Waals surface area contributed by atoms with Gasteiger partial charge in [-0.2, -0.15) is 0 Å². The van der Waals surface area contributed by atoms with Gasteiger partial charge in [-0.15, -0.1) is 5.53 Å². The highest BCUT2D eigenvalue weighted by Gasteiger charge is 2.25. The summed E-state index contributed by atoms with van der Waals surface area (Å²) in [6, 6.07) is 19.0. The van der Waals surface area contributed by atoms with Crippen molar-refractivity contribution in [2.24, 2.45) is 0 Å². The summed E-state index contributed by atoms with van der Waals surface area (Å²) in [6.07, 6.45) is 1.79. The number of fused-ring (bicyclic) bond motifs is 2. The molecule has 2 aromatic heterocycles. The van der Waals surface area contributed by atoms with E-state index < -0.39 is 5.82 Å². The van der Waals surface area contributed by atoms with Gasteiger partial charge in [-0.3, -0.25) is 15.0 Å². The van der Waals surface area contributed by atoms with E-state index in [4.69, 9.17) is 9.72 Å². The van der Waals surface area contributed by atoms with Crippen LogP contribution in [0.5, 0.6) is 5.75 Å². The number of hydrazine groups is 2. The van der Waals surface area contributed by atoms with Crippen LogP contribution in [0.4, 0.5) is 15.9 Å². The maximum absolute atomic E-state index is 14.2. The molecule has 0 bridgehead atoms. The fraction of sp³-hybridized carbons (Fsp3) is 0.130. The average Bonchev–Trinajstić information content (AvgIpc) is 3.08. The number of methoxy groups -OCH3 is 1. The van der Waals surface area contributed by atoms with E-state index >= 15 is 0 Å². The summed E-state index contributed by atoms with van der Waals surface area (Å²) in [5.74, 6) is 0.598. The van der Waals surface area contributed by atoms with Crippen molar-refractivity contribution in [3.63, 3.8) is 0 Å². The number of nitrogens with zero attached hydrogens (tertiary/aromatic N) is 4. The van der Waals surface area contributed by atoms with Crippen LogP contribution in [-0.4, -0.2) is 24.1 Å². The van der Waals surface area contributed by atoms with E-state index in [1.54, 1.807) is 12.3 Å². The Morgan fingerprint density at radius 1 is 1.07 bits per heavy atom. The summed E-state index contributed by atoms with van der Waals surface area (Å²) in [4.78, 5) is 9.19. The van der Waals surface area contributed by atoms with Gasteiger partial charge in [0.15, 0.2) is 17.4 Å². The Balaban J connectivity index is 1.48. The lowest BCUT2D eigenvalue weighted by Gasteiger charge is -2.19. The minimum absolute atomic E-state index is 0.216. The molecular weight excluding hydrogens is 381 g/mol. The van der Waals surface area contributed by atoms with E-state index in [0.29, 0.717) is 17.8 Å². The lowest BCUT2D eigenvalue weighted by molar-refractivity contribution is 0.386. The van der Waals surface area contributed by atoms with Crippen molar-refractivity contribution in [3.8, 4) is 17.0 Å². The number of rotatable bonds is 4. The van der Waals surface area contributed by atoms with Gasteiger partial charge in [0, 0.05) is 24.2 Å². The van der Waals surface area contributed by atoms with Gasteiger partial charge >= 0.3 is 0 Å². The molecular formula is C23H20FN5O. The Labute approximate surface area is 173 Å². The van der Waals surface area contributed by atoms with Crippen LogP contribution in [0.3, 0.4) is 0 Å². The molecule has 0 fully saturated rings. The van der Waals surface area contributed by atoms with Crippen LogP contribution in [0, 0.1) is 5.82 Å². The molecule has 0 radical (unpaired) electrons. The number of ether oxygens (including phenoxy) is 1. The third-order valence-electron chi connectivity index (χ3n) is 5.20. The largest absolute Gasteiger partial charge is 0.494 e. The van der Waals surface area contributed by atoms with Gasteiger partial charge in [0.1, 0.15) is 0 Å². The van der Waals surface area contributed by atoms with Gasteiger partial charge in [0.05, 0.1) is 30.6 Å². The Morgan fingerprint density at radius 2 is 1.97 bits per heavy atom. The van der Waals surface area contributed by atoms with Gasteiger partial charge in [-0.05, 0) is 54.1 Å². The second kappa shape index (κ2) is 7.27. The molecule has 0 amide bonds. The molecule has 0 spiro atoms. The Bertz CT molecular complexity index is 1250. The molecule has 0 atom stereocenters. The summed E-state index contributed by atoms with van der Waals surface area (Å²) in [5, 5.41) is 5.00. The number of benzene rings is 2. The average molecular weight is 401 g/mol. The van der Waals surface area contributed by atoms with Gasteiger partial charge in [-0.25, -0.2) is 9.37 Å². The first-order valence-electron chi connectivity index (χ1n) is 9.58. The minimum atomic E-state index is -0.408. The van der Waals surface area contributed by atoms with Crippen LogP contribution in [-0.2, 0) is 6.54 Å². The van der Waals surface area contributed by atoms with E-state index in [1.165, 1.54) is 13.2 Å². The lowest BCUT2D eigenvalue weighted by atomic mass is 10.1. The summed E-state index contributed by atoms with van der Waals surface area (Å²) < 4.78 is 19.2. The molecule has 150 valence electrons. The fourth-order valence-electron chi connectivity index (χ4n) is 3.69. The zero-order chi connectivity index (χ0) is 20.7. The first-order valence-corrected chi connectivity index (χ1v) is 9.58. The Morgan fingerprint density at radius 3 is 2.80 bits per heavy atom. The predicted octanol–water partition coefficient (Wildman–Crippen LogP) is 4.32. The van der Waals surface area contributed by atoms with E-state index in [0.717, 1.165) is 28.0 Å². The van der Waals surface area contributed by atoms with Crippen molar-refractivity contribution in [1.29, 1.82) is 0 Å². The first-order chi connectivity index (χ1) is 14.6. The van der Waals surface area contributed by atoms with Crippen molar-refractivity contribution >= 4 is 22.4 Å². The number of hydrogen-bond donors (Lipinski definition) is 1. The number of anilines is 2. The third-order valence-corrected chi connectivity index (χ3v) is 5.20. The highest BCUT2D eigenvalue weighted by atomic mass is 19.1. The molecule has 0 saturated heterocycles. The van der Waals surface area contributed by atoms with Crippen LogP contribution < -0.4 is 20.3 Å². The molecule has 1 aliphatic heterocycles. The smallest absolute Gasteiger partial charge is 0.170 e. The van der Waals surface area contributed by atoms with E-state index in [-0.39, 0.29) is 5.75 Å². The number of halogens is 1. The molecule has 6 nitrogen and oxygen atoms in total. The van der Waals surface area contributed by atoms with Gasteiger partial charge in [0.2, 0.25) is 0 Å². The molecule has 0 aliphatic carbocycles. The quantitative estimate of drug-likeness (QED) is 0.550. The highest BCUT2D eigenvalue weighted by Crippen LogP contribution is 2.35. The maximum atomic E-state index is 14.2. The van der Waals surface area contributed by atoms with Crippen molar-refractivity contribution in [2.45, 2.75) is 6.54 Å². The first kappa shape index (κ1) is 18.3. The zero-order valence-corrected chi connectivity index (χ0v) is 16.6. The fourth-order valence-corrected chi connectivity index (χ4v) is 3.69. The van der Waals surface area contributed by atoms with Crippen molar-refractivity contribution in [3.05, 3.63) is 78.2 Å². The summed E-state index contributed by atoms with van der Waals surface area (Å²) in [7, 11) is 3.39. The topological polar surface area (TPSA) is 53.5 Å². The molecule has 1 N–H and O–H groups in total. The van der Waals surface area contributed by atoms with Crippen LogP contribution in [0.15, 0.2) is 66.9 Å². The highest BCUT2D eigenvalue weighted by molar-refractivity contribution is 5.79. The molecule has 5 rings (SSSR count). The van der Waals surface area contributed by atoms with Crippen molar-refractivity contribution < 1.29 is 9.13 Å². The molecule has 7 heteroatoms. The Kier molecular flexibility index (Phi) is 4.44. The molecule has 2 aromatic carbocycles. The van der Waals surface area contributed by atoms with Crippen LogP contribution in [0.2, 0.25) is 0 Å². The summed E-state index contributed by atoms with van der Waals surface area (Å²) in [6.45, 7) is 0.621. The molecule has 1 aliphatic rings. The van der Waals surface area contributed by atoms with Crippen LogP contribution in [0.25, 0.3) is 22.2 Å². The van der Waals surface area contributed by atoms with E-state index in [9.17, 15) is 4.39 Å². The van der Waals surface area contributed by atoms with Crippen molar-refractivity contribution in [2.75, 3.05) is 24.2 Å². The van der Waals surface area contributed by atoms with Crippen molar-refractivity contribution in [1.82, 2.24) is 15.5 Å². The molecule has 0 unspecified atom stereocenters. The molecule has 4 aromatic rings. The number of aromatic nitrogens is 2. The number of nitrogens with one attached hydrogen (secondary N) is 1. The lowest BCUT2D eigenvalue weighted by Crippen LogP contribution is -2.41. The maximum Gasteiger partial charge on any atom is 0.170 e. The molecule has 0 saturated carbocycles. The van der Waals surface area contributed by atoms with Gasteiger partial charge in [0.25, 0.3) is 0 Å². The summed E-state index contributed by atoms with van der Waals surface area (Å²) >= 11 is 0. The standard InChI is InChI=1S/C23H20FN5O/c1-28-21-9-8-20(17-6-10-22(30-2)18(24)13-17)26-23(21)29(27-28)14-15-5-7-19-16(12-15)4-3-11-25-19/h3-13,27H,14H2,1-2H3. The predicted molar refractivity (Wildman–Crippen MR) is 116 cm³/mol. The number of pyridine rings is 2. The second-order valence-corrected chi connectivity index (χ2v) is 7.16. The SMILES string of the molecule is COc1ccc(-c2ccc3c(n2)N(Cc2ccc4ncccc4c2)NN3C)cc1F. The molecule has 30 heavy (non-hydrogen) atoms. The Hall–Kier alpha value is -3.71. The molecule has 3 heterocycles. The van der Waals surface area contributed by atoms with E-state index in [1.807, 2.05) is 47.4 Å². The van der Waals surface area contributed by atoms with Crippen LogP contribution in [0.1, 0.15) is 5.56 Å². The summed E-state index contributed by atoms with van der Waals surface area (Å²) in [5.41, 5.74) is 7.76. The van der Waals surface area contributed by atoms with E-state index in [2.05, 4.69) is 28.7 Å². The van der Waals surface area contributed by atoms with Crippen LogP contribution >= 0.6 is 0 Å². The third kappa shape index (κ3) is 3.19. The zero-order valence-electron chi connectivity index (χ0n) is 16.6. The normalized spacial score (nSPS) is 13.0. The van der Waals surface area contributed by atoms with Gasteiger partial charge < -0.3 is 4.74 Å². The van der Waals surface area contributed by atoms with Gasteiger partial charge in [-0.1, -0.05) is 12.1 Å². The monoisotopic (exact) mass is 401 g/mol. The second-order valence-electron chi connectivity index (χ2n) is 7.16.